The van der Waals surface area contributed by atoms with Gasteiger partial charge in [-0.1, -0.05) is 18.7 Å². The van der Waals surface area contributed by atoms with E-state index in [-0.39, 0.29) is 22.5 Å². The number of carboxylic acid groups (broad SMARTS) is 1. The summed E-state index contributed by atoms with van der Waals surface area (Å²) in [5.74, 6) is -2.28. The molecule has 0 aliphatic carbocycles. The second-order valence-electron chi connectivity index (χ2n) is 4.29. The van der Waals surface area contributed by atoms with Crippen LogP contribution in [0, 0.1) is 5.92 Å². The number of nitrogens with one attached hydrogen (secondary N) is 1. The molecule has 1 aliphatic rings. The standard InChI is InChI=1S/C12H12N2O4S/c1-6-5-14(12(19)13-10(6)16)7-2-3-9(15)8(4-7)11(17)18/h2-4,6,15H,5H2,1H3,(H,17,18)(H,13,16,19)/p-1/t6-/m1/s1. The molecule has 6 nitrogen and oxygen atoms in total. The lowest BCUT2D eigenvalue weighted by molar-refractivity contribution is -0.268. The summed E-state index contributed by atoms with van der Waals surface area (Å²) in [6.45, 7) is 2.09. The summed E-state index contributed by atoms with van der Waals surface area (Å²) in [6, 6.07) is 3.94. The predicted molar refractivity (Wildman–Crippen MR) is 70.1 cm³/mol. The summed E-state index contributed by atoms with van der Waals surface area (Å²) in [6.07, 6.45) is 0. The van der Waals surface area contributed by atoms with Gasteiger partial charge >= 0.3 is 5.97 Å². The maximum absolute atomic E-state index is 11.4. The van der Waals surface area contributed by atoms with Crippen LogP contribution >= 0.6 is 12.2 Å². The summed E-state index contributed by atoms with van der Waals surface area (Å²) < 4.78 is 0. The quantitative estimate of drug-likeness (QED) is 0.757. The lowest BCUT2D eigenvalue weighted by Crippen LogP contribution is -2.53. The molecule has 100 valence electrons. The molecule has 2 rings (SSSR count). The van der Waals surface area contributed by atoms with E-state index in [1.807, 2.05) is 0 Å². The molecule has 0 aromatic heterocycles. The van der Waals surface area contributed by atoms with Gasteiger partial charge in [-0.05, 0) is 24.4 Å². The average Bonchev–Trinajstić information content (AvgIpc) is 2.34. The first-order valence-corrected chi connectivity index (χ1v) is 5.97. The first kappa shape index (κ1) is 13.3. The highest BCUT2D eigenvalue weighted by atomic mass is 32.1. The molecule has 1 aromatic carbocycles. The lowest BCUT2D eigenvalue weighted by Gasteiger charge is -2.33. The minimum Gasteiger partial charge on any atom is -0.872 e. The average molecular weight is 279 g/mol. The zero-order valence-electron chi connectivity index (χ0n) is 10.0. The number of amides is 1. The molecular weight excluding hydrogens is 268 g/mol. The number of hydrogen-bond acceptors (Lipinski definition) is 4. The fraction of sp³-hybridized carbons (Fsp3) is 0.250. The zero-order chi connectivity index (χ0) is 14.2. The molecular formula is C12H11N2O4S-. The number of benzene rings is 1. The number of nitrogens with zero attached hydrogens (tertiary/aromatic N) is 1. The van der Waals surface area contributed by atoms with Gasteiger partial charge in [-0.25, -0.2) is 4.79 Å². The van der Waals surface area contributed by atoms with E-state index in [1.165, 1.54) is 18.2 Å². The number of carbonyl (C=O) groups excluding carboxylic acids is 1. The van der Waals surface area contributed by atoms with Crippen molar-refractivity contribution in [2.24, 2.45) is 5.92 Å². The molecule has 1 aromatic rings. The van der Waals surface area contributed by atoms with E-state index in [4.69, 9.17) is 17.3 Å². The SMILES string of the molecule is C[C@@H]1CN(c2ccc([O-])c(C(=O)O)c2)C(=S)NC1=O. The largest absolute Gasteiger partial charge is 0.872 e. The van der Waals surface area contributed by atoms with Gasteiger partial charge in [0.1, 0.15) is 0 Å². The third-order valence-corrected chi connectivity index (χ3v) is 3.21. The van der Waals surface area contributed by atoms with Gasteiger partial charge in [-0.3, -0.25) is 4.79 Å². The molecule has 19 heavy (non-hydrogen) atoms. The first-order chi connectivity index (χ1) is 8.90. The third-order valence-electron chi connectivity index (χ3n) is 2.88. The van der Waals surface area contributed by atoms with Crippen molar-refractivity contribution in [3.63, 3.8) is 0 Å². The van der Waals surface area contributed by atoms with E-state index in [1.54, 1.807) is 11.8 Å². The maximum Gasteiger partial charge on any atom is 0.335 e. The minimum absolute atomic E-state index is 0.167. The van der Waals surface area contributed by atoms with E-state index in [2.05, 4.69) is 5.32 Å². The van der Waals surface area contributed by atoms with Crippen LogP contribution in [0.15, 0.2) is 18.2 Å². The van der Waals surface area contributed by atoms with Crippen molar-refractivity contribution < 1.29 is 19.8 Å². The van der Waals surface area contributed by atoms with Crippen LogP contribution in [-0.4, -0.2) is 28.6 Å². The van der Waals surface area contributed by atoms with Crippen molar-refractivity contribution in [3.05, 3.63) is 23.8 Å². The van der Waals surface area contributed by atoms with Crippen LogP contribution in [0.5, 0.6) is 5.75 Å². The van der Waals surface area contributed by atoms with Crippen molar-refractivity contribution in [1.82, 2.24) is 5.32 Å². The molecule has 1 amide bonds. The highest BCUT2D eigenvalue weighted by Gasteiger charge is 2.27. The second-order valence-corrected chi connectivity index (χ2v) is 4.68. The molecule has 0 spiro atoms. The molecule has 0 bridgehead atoms. The van der Waals surface area contributed by atoms with Gasteiger partial charge in [0.25, 0.3) is 0 Å². The van der Waals surface area contributed by atoms with Crippen LogP contribution in [0.1, 0.15) is 17.3 Å². The molecule has 1 fully saturated rings. The normalized spacial score (nSPS) is 19.2. The van der Waals surface area contributed by atoms with E-state index in [0.29, 0.717) is 12.2 Å². The molecule has 1 saturated heterocycles. The molecule has 0 saturated carbocycles. The van der Waals surface area contributed by atoms with Gasteiger partial charge in [0.15, 0.2) is 5.11 Å². The number of hydrogen-bond donors (Lipinski definition) is 2. The molecule has 1 heterocycles. The number of thiocarbonyl (C=S) groups is 1. The Morgan fingerprint density at radius 2 is 2.26 bits per heavy atom. The number of carboxylic acids is 1. The summed E-state index contributed by atoms with van der Waals surface area (Å²) >= 11 is 5.05. The maximum atomic E-state index is 11.4. The number of rotatable bonds is 2. The summed E-state index contributed by atoms with van der Waals surface area (Å²) in [7, 11) is 0. The lowest BCUT2D eigenvalue weighted by atomic mass is 10.1. The highest BCUT2D eigenvalue weighted by Crippen LogP contribution is 2.24. The Labute approximate surface area is 114 Å². The van der Waals surface area contributed by atoms with Crippen LogP contribution in [0.2, 0.25) is 0 Å². The Bertz CT molecular complexity index is 573. The summed E-state index contributed by atoms with van der Waals surface area (Å²) in [5, 5.41) is 23.1. The Morgan fingerprint density at radius 3 is 2.89 bits per heavy atom. The van der Waals surface area contributed by atoms with Crippen LogP contribution < -0.4 is 15.3 Å². The topological polar surface area (TPSA) is 92.7 Å². The van der Waals surface area contributed by atoms with Gasteiger partial charge in [0.2, 0.25) is 5.91 Å². The van der Waals surface area contributed by atoms with Crippen LogP contribution in [-0.2, 0) is 4.79 Å². The van der Waals surface area contributed by atoms with Gasteiger partial charge in [-0.2, -0.15) is 0 Å². The van der Waals surface area contributed by atoms with E-state index >= 15 is 0 Å². The van der Waals surface area contributed by atoms with Crippen LogP contribution in [0.4, 0.5) is 5.69 Å². The van der Waals surface area contributed by atoms with Crippen LogP contribution in [0.25, 0.3) is 0 Å². The number of aromatic carboxylic acids is 1. The smallest absolute Gasteiger partial charge is 0.335 e. The van der Waals surface area contributed by atoms with Crippen molar-refractivity contribution in [1.29, 1.82) is 0 Å². The molecule has 0 unspecified atom stereocenters. The Balaban J connectivity index is 2.36. The molecule has 1 aliphatic heterocycles. The fourth-order valence-corrected chi connectivity index (χ4v) is 2.09. The molecule has 0 radical (unpaired) electrons. The summed E-state index contributed by atoms with van der Waals surface area (Å²) in [5.41, 5.74) is 0.165. The molecule has 7 heteroatoms. The first-order valence-electron chi connectivity index (χ1n) is 5.57. The Kier molecular flexibility index (Phi) is 3.39. The van der Waals surface area contributed by atoms with E-state index in [0.717, 1.165) is 0 Å². The van der Waals surface area contributed by atoms with Crippen molar-refractivity contribution in [3.8, 4) is 5.75 Å². The predicted octanol–water partition coefficient (Wildman–Crippen LogP) is 0.316. The number of carbonyl (C=O) groups is 2. The van der Waals surface area contributed by atoms with Crippen molar-refractivity contribution >= 4 is 34.9 Å². The Hall–Kier alpha value is -2.15. The third kappa shape index (κ3) is 2.50. The highest BCUT2D eigenvalue weighted by molar-refractivity contribution is 7.80. The minimum atomic E-state index is -1.29. The van der Waals surface area contributed by atoms with Crippen molar-refractivity contribution in [2.75, 3.05) is 11.4 Å². The molecule has 1 atom stereocenters. The second kappa shape index (κ2) is 4.85. The van der Waals surface area contributed by atoms with Gasteiger partial charge < -0.3 is 20.4 Å². The van der Waals surface area contributed by atoms with E-state index < -0.39 is 11.7 Å². The van der Waals surface area contributed by atoms with Gasteiger partial charge in [0, 0.05) is 12.2 Å². The summed E-state index contributed by atoms with van der Waals surface area (Å²) in [4.78, 5) is 24.0. The van der Waals surface area contributed by atoms with Gasteiger partial charge in [0.05, 0.1) is 11.5 Å². The number of anilines is 1. The van der Waals surface area contributed by atoms with Gasteiger partial charge in [-0.15, -0.1) is 0 Å². The van der Waals surface area contributed by atoms with E-state index in [9.17, 15) is 14.7 Å². The molecule has 2 N–H and O–H groups in total. The Morgan fingerprint density at radius 1 is 1.58 bits per heavy atom. The van der Waals surface area contributed by atoms with Crippen molar-refractivity contribution in [2.45, 2.75) is 6.92 Å². The van der Waals surface area contributed by atoms with Crippen LogP contribution in [0.3, 0.4) is 0 Å². The monoisotopic (exact) mass is 279 g/mol. The zero-order valence-corrected chi connectivity index (χ0v) is 10.9. The fourth-order valence-electron chi connectivity index (χ4n) is 1.81.